The van der Waals surface area contributed by atoms with Gasteiger partial charge >= 0.3 is 0 Å². The monoisotopic (exact) mass is 448 g/mol. The maximum Gasteiger partial charge on any atom is 0.0730 e. The molecule has 1 saturated carbocycles. The highest BCUT2D eigenvalue weighted by atomic mass is 79.9. The molecule has 0 unspecified atom stereocenters. The van der Waals surface area contributed by atoms with Crippen molar-refractivity contribution in [1.82, 2.24) is 4.98 Å². The van der Waals surface area contributed by atoms with Crippen LogP contribution in [0.25, 0.3) is 22.2 Å². The van der Waals surface area contributed by atoms with Gasteiger partial charge in [0.1, 0.15) is 0 Å². The van der Waals surface area contributed by atoms with Crippen molar-refractivity contribution in [2.75, 3.05) is 5.32 Å². The molecule has 0 spiro atoms. The third kappa shape index (κ3) is 3.98. The number of pyridine rings is 1. The van der Waals surface area contributed by atoms with Crippen LogP contribution in [0, 0.1) is 0 Å². The smallest absolute Gasteiger partial charge is 0.0730 e. The number of benzene rings is 2. The van der Waals surface area contributed by atoms with Crippen LogP contribution in [-0.4, -0.2) is 11.0 Å². The molecule has 0 atom stereocenters. The lowest BCUT2D eigenvalue weighted by molar-refractivity contribution is 0.756. The third-order valence-electron chi connectivity index (χ3n) is 4.50. The molecule has 126 valence electrons. The van der Waals surface area contributed by atoms with Crippen LogP contribution in [0.1, 0.15) is 25.7 Å². The fourth-order valence-corrected chi connectivity index (χ4v) is 3.34. The average Bonchev–Trinajstić information content (AvgIpc) is 3.09. The number of hydrogen-bond acceptors (Lipinski definition) is 2. The zero-order valence-corrected chi connectivity index (χ0v) is 16.9. The molecular formula is C20H22Br2N2. The summed E-state index contributed by atoms with van der Waals surface area (Å²) in [4.78, 5) is 4.84. The molecule has 1 heterocycles. The Morgan fingerprint density at radius 1 is 0.833 bits per heavy atom. The number of rotatable bonds is 3. The summed E-state index contributed by atoms with van der Waals surface area (Å²) in [6, 6.07) is 21.6. The molecule has 0 radical (unpaired) electrons. The number of hydrogen-bond donors (Lipinski definition) is 1. The highest BCUT2D eigenvalue weighted by molar-refractivity contribution is 8.93. The number of halogens is 2. The minimum absolute atomic E-state index is 0. The lowest BCUT2D eigenvalue weighted by Crippen LogP contribution is -2.14. The third-order valence-corrected chi connectivity index (χ3v) is 4.50. The molecular weight excluding hydrogens is 428 g/mol. The maximum atomic E-state index is 4.84. The van der Waals surface area contributed by atoms with E-state index in [0.717, 1.165) is 11.2 Å². The van der Waals surface area contributed by atoms with E-state index in [-0.39, 0.29) is 34.0 Å². The van der Waals surface area contributed by atoms with Crippen LogP contribution >= 0.6 is 34.0 Å². The second-order valence-corrected chi connectivity index (χ2v) is 6.06. The molecule has 0 saturated heterocycles. The van der Waals surface area contributed by atoms with Crippen molar-refractivity contribution in [3.8, 4) is 11.3 Å². The van der Waals surface area contributed by atoms with Crippen LogP contribution < -0.4 is 5.32 Å². The van der Waals surface area contributed by atoms with E-state index < -0.39 is 0 Å². The van der Waals surface area contributed by atoms with Crippen LogP contribution in [0.2, 0.25) is 0 Å². The molecule has 2 nitrogen and oxygen atoms in total. The average molecular weight is 450 g/mol. The van der Waals surface area contributed by atoms with Gasteiger partial charge in [0.2, 0.25) is 0 Å². The van der Waals surface area contributed by atoms with Crippen LogP contribution in [0.3, 0.4) is 0 Å². The Morgan fingerprint density at radius 2 is 1.50 bits per heavy atom. The summed E-state index contributed by atoms with van der Waals surface area (Å²) in [7, 11) is 0. The molecule has 24 heavy (non-hydrogen) atoms. The summed E-state index contributed by atoms with van der Waals surface area (Å²) in [5.41, 5.74) is 4.49. The molecule has 0 bridgehead atoms. The Balaban J connectivity index is 0.00000104. The Labute approximate surface area is 164 Å². The summed E-state index contributed by atoms with van der Waals surface area (Å²) < 4.78 is 0. The lowest BCUT2D eigenvalue weighted by Gasteiger charge is -2.17. The van der Waals surface area contributed by atoms with Crippen molar-refractivity contribution in [1.29, 1.82) is 0 Å². The van der Waals surface area contributed by atoms with Gasteiger partial charge in [-0.3, -0.25) is 0 Å². The first kappa shape index (κ1) is 18.9. The van der Waals surface area contributed by atoms with E-state index >= 15 is 0 Å². The highest BCUT2D eigenvalue weighted by Crippen LogP contribution is 2.31. The molecule has 4 rings (SSSR count). The van der Waals surface area contributed by atoms with Crippen molar-refractivity contribution in [3.63, 3.8) is 0 Å². The summed E-state index contributed by atoms with van der Waals surface area (Å²) in [5.74, 6) is 0. The molecule has 0 aliphatic heterocycles. The molecule has 1 fully saturated rings. The lowest BCUT2D eigenvalue weighted by atomic mass is 10.1. The normalized spacial score (nSPS) is 14.0. The van der Waals surface area contributed by atoms with Crippen molar-refractivity contribution in [2.24, 2.45) is 0 Å². The number of aromatic nitrogens is 1. The van der Waals surface area contributed by atoms with Crippen molar-refractivity contribution >= 4 is 50.6 Å². The number of nitrogens with one attached hydrogen (secondary N) is 1. The minimum atomic E-state index is 0. The standard InChI is InChI=1S/C20H20N2.2BrH/c1-2-8-15(9-3-1)19-14-20(21-16-10-4-5-11-16)17-12-6-7-13-18(17)22-19;;/h1-3,6-9,12-14,16H,4-5,10-11H2,(H,21,22);2*1H. The first-order valence-electron chi connectivity index (χ1n) is 8.12. The van der Waals surface area contributed by atoms with E-state index in [1.165, 1.54) is 42.3 Å². The largest absolute Gasteiger partial charge is 0.382 e. The van der Waals surface area contributed by atoms with E-state index in [9.17, 15) is 0 Å². The van der Waals surface area contributed by atoms with Crippen LogP contribution in [0.4, 0.5) is 5.69 Å². The quantitative estimate of drug-likeness (QED) is 0.499. The molecule has 3 aromatic rings. The molecule has 0 amide bonds. The molecule has 1 N–H and O–H groups in total. The Bertz CT molecular complexity index is 784. The zero-order chi connectivity index (χ0) is 14.8. The first-order chi connectivity index (χ1) is 10.9. The van der Waals surface area contributed by atoms with Gasteiger partial charge in [-0.15, -0.1) is 34.0 Å². The number of para-hydroxylation sites is 1. The summed E-state index contributed by atoms with van der Waals surface area (Å²) >= 11 is 0. The van der Waals surface area contributed by atoms with Crippen molar-refractivity contribution in [3.05, 3.63) is 60.7 Å². The summed E-state index contributed by atoms with van der Waals surface area (Å²) in [5, 5.41) is 4.97. The molecule has 1 aromatic heterocycles. The van der Waals surface area contributed by atoms with Crippen LogP contribution in [0.15, 0.2) is 60.7 Å². The predicted molar refractivity (Wildman–Crippen MR) is 114 cm³/mol. The highest BCUT2D eigenvalue weighted by Gasteiger charge is 2.16. The fraction of sp³-hybridized carbons (Fsp3) is 0.250. The van der Waals surface area contributed by atoms with Gasteiger partial charge in [-0.2, -0.15) is 0 Å². The van der Waals surface area contributed by atoms with Crippen molar-refractivity contribution < 1.29 is 0 Å². The Hall–Kier alpha value is -1.39. The maximum absolute atomic E-state index is 4.84. The van der Waals surface area contributed by atoms with Gasteiger partial charge in [0.25, 0.3) is 0 Å². The topological polar surface area (TPSA) is 24.9 Å². The van der Waals surface area contributed by atoms with Gasteiger partial charge in [0, 0.05) is 22.7 Å². The van der Waals surface area contributed by atoms with E-state index in [1.807, 2.05) is 6.07 Å². The molecule has 2 aromatic carbocycles. The van der Waals surface area contributed by atoms with E-state index in [4.69, 9.17) is 4.98 Å². The van der Waals surface area contributed by atoms with Crippen molar-refractivity contribution in [2.45, 2.75) is 31.7 Å². The predicted octanol–water partition coefficient (Wildman–Crippen LogP) is 6.41. The fourth-order valence-electron chi connectivity index (χ4n) is 3.34. The second-order valence-electron chi connectivity index (χ2n) is 6.06. The SMILES string of the molecule is Br.Br.c1ccc(-c2cc(NC3CCCC3)c3ccccc3n2)cc1. The number of nitrogens with zero attached hydrogens (tertiary/aromatic N) is 1. The summed E-state index contributed by atoms with van der Waals surface area (Å²) in [6.07, 6.45) is 5.23. The summed E-state index contributed by atoms with van der Waals surface area (Å²) in [6.45, 7) is 0. The van der Waals surface area contributed by atoms with Crippen LogP contribution in [-0.2, 0) is 0 Å². The number of fused-ring (bicyclic) bond motifs is 1. The van der Waals surface area contributed by atoms with Gasteiger partial charge in [0.15, 0.2) is 0 Å². The van der Waals surface area contributed by atoms with Gasteiger partial charge in [-0.05, 0) is 25.0 Å². The van der Waals surface area contributed by atoms with Gasteiger partial charge < -0.3 is 5.32 Å². The second kappa shape index (κ2) is 8.63. The molecule has 1 aliphatic rings. The first-order valence-corrected chi connectivity index (χ1v) is 8.12. The Morgan fingerprint density at radius 3 is 2.25 bits per heavy atom. The number of anilines is 1. The van der Waals surface area contributed by atoms with E-state index in [2.05, 4.69) is 59.9 Å². The minimum Gasteiger partial charge on any atom is -0.382 e. The van der Waals surface area contributed by atoms with Crippen LogP contribution in [0.5, 0.6) is 0 Å². The van der Waals surface area contributed by atoms with E-state index in [1.54, 1.807) is 0 Å². The molecule has 1 aliphatic carbocycles. The molecule has 4 heteroatoms. The van der Waals surface area contributed by atoms with Gasteiger partial charge in [-0.1, -0.05) is 61.4 Å². The zero-order valence-electron chi connectivity index (χ0n) is 13.4. The van der Waals surface area contributed by atoms with Gasteiger partial charge in [0.05, 0.1) is 11.2 Å². The van der Waals surface area contributed by atoms with Gasteiger partial charge in [-0.25, -0.2) is 4.98 Å². The van der Waals surface area contributed by atoms with E-state index in [0.29, 0.717) is 6.04 Å². The Kier molecular flexibility index (Phi) is 6.81.